The van der Waals surface area contributed by atoms with Crippen molar-refractivity contribution in [3.63, 3.8) is 0 Å². The molecule has 0 unspecified atom stereocenters. The number of benzene rings is 1. The fourth-order valence-electron chi connectivity index (χ4n) is 1.17. The highest BCUT2D eigenvalue weighted by atomic mass is 32.2. The van der Waals surface area contributed by atoms with Gasteiger partial charge in [-0.25, -0.2) is 9.59 Å². The van der Waals surface area contributed by atoms with E-state index in [4.69, 9.17) is 9.84 Å². The maximum absolute atomic E-state index is 11.2. The molecule has 0 radical (unpaired) electrons. The molecule has 0 bridgehead atoms. The summed E-state index contributed by atoms with van der Waals surface area (Å²) in [4.78, 5) is 22.6. The minimum Gasteiger partial charge on any atom is -0.478 e. The lowest BCUT2D eigenvalue weighted by atomic mass is 10.1. The number of ether oxygens (including phenoxy) is 1. The fourth-order valence-corrected chi connectivity index (χ4v) is 1.93. The van der Waals surface area contributed by atoms with Gasteiger partial charge in [0, 0.05) is 4.90 Å². The van der Waals surface area contributed by atoms with E-state index in [2.05, 4.69) is 0 Å². The van der Waals surface area contributed by atoms with Crippen LogP contribution in [0.4, 0.5) is 0 Å². The Hall–Kier alpha value is -1.49. The molecule has 0 aromatic heterocycles. The zero-order chi connectivity index (χ0) is 10.1. The molecule has 72 valence electrons. The third kappa shape index (κ3) is 1.46. The van der Waals surface area contributed by atoms with Crippen LogP contribution in [0.25, 0.3) is 0 Å². The van der Waals surface area contributed by atoms with E-state index in [0.717, 1.165) is 4.90 Å². The number of cyclic esters (lactones) is 1. The Bertz CT molecular complexity index is 413. The summed E-state index contributed by atoms with van der Waals surface area (Å²) in [5, 5.41) is 8.71. The molecule has 1 aromatic rings. The van der Waals surface area contributed by atoms with Crippen LogP contribution in [0.1, 0.15) is 20.7 Å². The van der Waals surface area contributed by atoms with Gasteiger partial charge in [-0.05, 0) is 18.2 Å². The van der Waals surface area contributed by atoms with E-state index in [9.17, 15) is 9.59 Å². The topological polar surface area (TPSA) is 63.6 Å². The standard InChI is InChI=1S/C9H6O4S/c10-8(11)5-1-2-7-6(3-5)9(12)13-4-14-7/h1-3H,4H2,(H,10,11). The molecule has 0 fully saturated rings. The van der Waals surface area contributed by atoms with Crippen LogP contribution in [-0.4, -0.2) is 23.0 Å². The monoisotopic (exact) mass is 210 g/mol. The Kier molecular flexibility index (Phi) is 2.17. The lowest BCUT2D eigenvalue weighted by molar-refractivity contribution is 0.0566. The highest BCUT2D eigenvalue weighted by molar-refractivity contribution is 7.99. The molecule has 0 saturated carbocycles. The average Bonchev–Trinajstić information content (AvgIpc) is 2.18. The summed E-state index contributed by atoms with van der Waals surface area (Å²) >= 11 is 1.38. The van der Waals surface area contributed by atoms with Crippen molar-refractivity contribution in [2.24, 2.45) is 0 Å². The summed E-state index contributed by atoms with van der Waals surface area (Å²) in [6.07, 6.45) is 0. The largest absolute Gasteiger partial charge is 0.478 e. The number of esters is 1. The first-order valence-electron chi connectivity index (χ1n) is 3.86. The molecule has 1 aliphatic rings. The summed E-state index contributed by atoms with van der Waals surface area (Å²) in [6, 6.07) is 4.45. The number of carboxylic acid groups (broad SMARTS) is 1. The van der Waals surface area contributed by atoms with E-state index in [1.54, 1.807) is 6.07 Å². The van der Waals surface area contributed by atoms with Crippen molar-refractivity contribution in [3.05, 3.63) is 29.3 Å². The van der Waals surface area contributed by atoms with Crippen molar-refractivity contribution < 1.29 is 19.4 Å². The minimum atomic E-state index is -1.05. The third-order valence-corrected chi connectivity index (χ3v) is 2.75. The van der Waals surface area contributed by atoms with Gasteiger partial charge in [0.2, 0.25) is 0 Å². The normalized spacial score (nSPS) is 14.4. The van der Waals surface area contributed by atoms with Gasteiger partial charge in [-0.3, -0.25) is 0 Å². The maximum Gasteiger partial charge on any atom is 0.340 e. The summed E-state index contributed by atoms with van der Waals surface area (Å²) in [7, 11) is 0. The number of hydrogen-bond donors (Lipinski definition) is 1. The van der Waals surface area contributed by atoms with Crippen LogP contribution in [0.2, 0.25) is 0 Å². The van der Waals surface area contributed by atoms with E-state index < -0.39 is 11.9 Å². The Morgan fingerprint density at radius 1 is 1.50 bits per heavy atom. The van der Waals surface area contributed by atoms with E-state index in [1.807, 2.05) is 0 Å². The van der Waals surface area contributed by atoms with Crippen LogP contribution in [0.15, 0.2) is 23.1 Å². The number of hydrogen-bond acceptors (Lipinski definition) is 4. The van der Waals surface area contributed by atoms with Gasteiger partial charge >= 0.3 is 11.9 Å². The fraction of sp³-hybridized carbons (Fsp3) is 0.111. The van der Waals surface area contributed by atoms with E-state index in [1.165, 1.54) is 23.9 Å². The number of carbonyl (C=O) groups is 2. The maximum atomic E-state index is 11.2. The summed E-state index contributed by atoms with van der Waals surface area (Å²) < 4.78 is 4.77. The zero-order valence-electron chi connectivity index (χ0n) is 7.02. The van der Waals surface area contributed by atoms with Crippen LogP contribution in [-0.2, 0) is 4.74 Å². The van der Waals surface area contributed by atoms with Gasteiger partial charge in [0.1, 0.15) is 5.94 Å². The van der Waals surface area contributed by atoms with Crippen molar-refractivity contribution in [1.29, 1.82) is 0 Å². The van der Waals surface area contributed by atoms with Gasteiger partial charge in [0.15, 0.2) is 0 Å². The molecule has 5 heteroatoms. The number of carbonyl (C=O) groups excluding carboxylic acids is 1. The number of thioether (sulfide) groups is 1. The molecule has 1 heterocycles. The van der Waals surface area contributed by atoms with Crippen molar-refractivity contribution in [2.75, 3.05) is 5.94 Å². The molecule has 1 aliphatic heterocycles. The average molecular weight is 210 g/mol. The molecule has 0 spiro atoms. The van der Waals surface area contributed by atoms with Crippen molar-refractivity contribution >= 4 is 23.7 Å². The van der Waals surface area contributed by atoms with Gasteiger partial charge in [-0.15, -0.1) is 0 Å². The molecule has 2 rings (SSSR count). The van der Waals surface area contributed by atoms with Gasteiger partial charge in [0.25, 0.3) is 0 Å². The molecular formula is C9H6O4S. The second-order valence-corrected chi connectivity index (χ2v) is 3.67. The Balaban J connectivity index is 2.51. The minimum absolute atomic E-state index is 0.100. The Labute approximate surface area is 83.9 Å². The van der Waals surface area contributed by atoms with E-state index in [0.29, 0.717) is 5.56 Å². The molecule has 0 amide bonds. The zero-order valence-corrected chi connectivity index (χ0v) is 7.84. The first kappa shape index (κ1) is 9.08. The van der Waals surface area contributed by atoms with Crippen LogP contribution >= 0.6 is 11.8 Å². The number of carboxylic acids is 1. The summed E-state index contributed by atoms with van der Waals surface area (Å²) in [5.74, 6) is -1.21. The van der Waals surface area contributed by atoms with Crippen molar-refractivity contribution in [1.82, 2.24) is 0 Å². The molecule has 1 aromatic carbocycles. The van der Waals surface area contributed by atoms with Crippen LogP contribution < -0.4 is 0 Å². The lowest BCUT2D eigenvalue weighted by Gasteiger charge is -2.14. The smallest absolute Gasteiger partial charge is 0.340 e. The van der Waals surface area contributed by atoms with Crippen LogP contribution in [0.3, 0.4) is 0 Å². The van der Waals surface area contributed by atoms with Crippen LogP contribution in [0, 0.1) is 0 Å². The van der Waals surface area contributed by atoms with E-state index in [-0.39, 0.29) is 11.5 Å². The number of rotatable bonds is 1. The van der Waals surface area contributed by atoms with Gasteiger partial charge in [-0.1, -0.05) is 11.8 Å². The molecule has 14 heavy (non-hydrogen) atoms. The molecule has 1 N–H and O–H groups in total. The summed E-state index contributed by atoms with van der Waals surface area (Å²) in [6.45, 7) is 0. The quantitative estimate of drug-likeness (QED) is 0.713. The summed E-state index contributed by atoms with van der Waals surface area (Å²) in [5.41, 5.74) is 0.435. The number of aromatic carboxylic acids is 1. The molecule has 0 saturated heterocycles. The second kappa shape index (κ2) is 3.34. The first-order valence-corrected chi connectivity index (χ1v) is 4.84. The van der Waals surface area contributed by atoms with Gasteiger partial charge < -0.3 is 9.84 Å². The van der Waals surface area contributed by atoms with Gasteiger partial charge in [0.05, 0.1) is 11.1 Å². The highest BCUT2D eigenvalue weighted by Gasteiger charge is 2.20. The Morgan fingerprint density at radius 2 is 2.29 bits per heavy atom. The van der Waals surface area contributed by atoms with Crippen molar-refractivity contribution in [2.45, 2.75) is 4.90 Å². The van der Waals surface area contributed by atoms with E-state index >= 15 is 0 Å². The highest BCUT2D eigenvalue weighted by Crippen LogP contribution is 2.29. The molecular weight excluding hydrogens is 204 g/mol. The molecule has 0 atom stereocenters. The predicted molar refractivity (Wildman–Crippen MR) is 49.5 cm³/mol. The lowest BCUT2D eigenvalue weighted by Crippen LogP contribution is -2.12. The van der Waals surface area contributed by atoms with Crippen molar-refractivity contribution in [3.8, 4) is 0 Å². The first-order chi connectivity index (χ1) is 6.68. The molecule has 0 aliphatic carbocycles. The Morgan fingerprint density at radius 3 is 3.00 bits per heavy atom. The van der Waals surface area contributed by atoms with Gasteiger partial charge in [-0.2, -0.15) is 0 Å². The SMILES string of the molecule is O=C(O)c1ccc2c(c1)C(=O)OCS2. The molecule has 4 nitrogen and oxygen atoms in total. The predicted octanol–water partition coefficient (Wildman–Crippen LogP) is 1.60. The number of fused-ring (bicyclic) bond motifs is 1. The van der Waals surface area contributed by atoms with Crippen LogP contribution in [0.5, 0.6) is 0 Å². The second-order valence-electron chi connectivity index (χ2n) is 2.71. The third-order valence-electron chi connectivity index (χ3n) is 1.85.